The quantitative estimate of drug-likeness (QED) is 0.635. The molecule has 2 nitrogen and oxygen atoms in total. The summed E-state index contributed by atoms with van der Waals surface area (Å²) in [5, 5.41) is 7.67. The Balaban J connectivity index is 3.42. The molecule has 1 rings (SSSR count). The van der Waals surface area contributed by atoms with Crippen molar-refractivity contribution in [2.75, 3.05) is 0 Å². The van der Waals surface area contributed by atoms with E-state index in [1.807, 2.05) is 0 Å². The third-order valence-corrected chi connectivity index (χ3v) is 2.30. The first-order chi connectivity index (χ1) is 6.86. The molecule has 0 amide bonds. The van der Waals surface area contributed by atoms with Gasteiger partial charge < -0.3 is 5.11 Å². The molecule has 0 aliphatic carbocycles. The first kappa shape index (κ1) is 11.8. The molecule has 0 saturated heterocycles. The predicted octanol–water partition coefficient (Wildman–Crippen LogP) is 2.95. The summed E-state index contributed by atoms with van der Waals surface area (Å²) >= 11 is 5.19. The molecule has 1 aromatic rings. The molecule has 0 aliphatic heterocycles. The van der Waals surface area contributed by atoms with E-state index in [4.69, 9.17) is 16.7 Å². The van der Waals surface area contributed by atoms with Gasteiger partial charge >= 0.3 is 5.97 Å². The lowest BCUT2D eigenvalue weighted by Crippen LogP contribution is -2.12. The van der Waals surface area contributed by atoms with Gasteiger partial charge in [-0.05, 0) is 6.92 Å². The fourth-order valence-electron chi connectivity index (χ4n) is 1.10. The van der Waals surface area contributed by atoms with Crippen molar-refractivity contribution in [3.63, 3.8) is 0 Å². The molecule has 1 unspecified atom stereocenters. The first-order valence-corrected chi connectivity index (χ1v) is 4.29. The number of hydrogen-bond donors (Lipinski definition) is 1. The number of carboxylic acids is 1. The summed E-state index contributed by atoms with van der Waals surface area (Å²) in [6.45, 7) is 1.08. The smallest absolute Gasteiger partial charge is 0.310 e. The SMILES string of the molecule is CC(C(=O)O)c1c(F)cc(F)c(Cl)c1F. The molecule has 0 heterocycles. The van der Waals surface area contributed by atoms with Gasteiger partial charge in [-0.25, -0.2) is 13.2 Å². The minimum Gasteiger partial charge on any atom is -0.481 e. The summed E-state index contributed by atoms with van der Waals surface area (Å²) in [6, 6.07) is 0.361. The van der Waals surface area contributed by atoms with E-state index in [1.54, 1.807) is 0 Å². The minimum atomic E-state index is -1.43. The second-order valence-corrected chi connectivity index (χ2v) is 3.32. The zero-order valence-corrected chi connectivity index (χ0v) is 8.28. The van der Waals surface area contributed by atoms with Gasteiger partial charge in [0.25, 0.3) is 0 Å². The first-order valence-electron chi connectivity index (χ1n) is 3.92. The second-order valence-electron chi connectivity index (χ2n) is 2.94. The lowest BCUT2D eigenvalue weighted by Gasteiger charge is -2.10. The Kier molecular flexibility index (Phi) is 3.24. The van der Waals surface area contributed by atoms with Crippen molar-refractivity contribution in [3.05, 3.63) is 34.1 Å². The minimum absolute atomic E-state index is 0.361. The summed E-state index contributed by atoms with van der Waals surface area (Å²) in [5.74, 6) is -6.74. The van der Waals surface area contributed by atoms with Crippen LogP contribution in [0.3, 0.4) is 0 Å². The summed E-state index contributed by atoms with van der Waals surface area (Å²) in [4.78, 5) is 10.5. The zero-order valence-electron chi connectivity index (χ0n) is 7.52. The third kappa shape index (κ3) is 2.07. The molecule has 0 aliphatic rings. The molecule has 1 aromatic carbocycles. The predicted molar refractivity (Wildman–Crippen MR) is 47.4 cm³/mol. The van der Waals surface area contributed by atoms with Gasteiger partial charge in [-0.3, -0.25) is 4.79 Å². The molecule has 1 atom stereocenters. The van der Waals surface area contributed by atoms with E-state index < -0.39 is 39.9 Å². The summed E-state index contributed by atoms with van der Waals surface area (Å²) in [6.07, 6.45) is 0. The van der Waals surface area contributed by atoms with Gasteiger partial charge in [0, 0.05) is 11.6 Å². The zero-order chi connectivity index (χ0) is 11.7. The number of benzene rings is 1. The van der Waals surface area contributed by atoms with Crippen LogP contribution in [0.5, 0.6) is 0 Å². The van der Waals surface area contributed by atoms with Crippen LogP contribution in [0.2, 0.25) is 5.02 Å². The number of carbonyl (C=O) groups is 1. The van der Waals surface area contributed by atoms with E-state index in [0.717, 1.165) is 6.92 Å². The molecule has 0 radical (unpaired) electrons. The Morgan fingerprint density at radius 3 is 2.40 bits per heavy atom. The van der Waals surface area contributed by atoms with Gasteiger partial charge in [0.1, 0.15) is 16.7 Å². The van der Waals surface area contributed by atoms with Crippen molar-refractivity contribution in [1.82, 2.24) is 0 Å². The highest BCUT2D eigenvalue weighted by Crippen LogP contribution is 2.29. The lowest BCUT2D eigenvalue weighted by molar-refractivity contribution is -0.138. The van der Waals surface area contributed by atoms with Crippen LogP contribution in [0.1, 0.15) is 18.4 Å². The average Bonchev–Trinajstić information content (AvgIpc) is 2.14. The van der Waals surface area contributed by atoms with Crippen molar-refractivity contribution in [3.8, 4) is 0 Å². The van der Waals surface area contributed by atoms with Gasteiger partial charge in [0.2, 0.25) is 0 Å². The maximum atomic E-state index is 13.3. The van der Waals surface area contributed by atoms with E-state index in [1.165, 1.54) is 0 Å². The number of carboxylic acid groups (broad SMARTS) is 1. The number of aliphatic carboxylic acids is 1. The van der Waals surface area contributed by atoms with Crippen molar-refractivity contribution >= 4 is 17.6 Å². The van der Waals surface area contributed by atoms with Crippen LogP contribution in [-0.2, 0) is 4.79 Å². The van der Waals surface area contributed by atoms with Crippen molar-refractivity contribution in [2.45, 2.75) is 12.8 Å². The molecule has 6 heteroatoms. The van der Waals surface area contributed by atoms with Crippen LogP contribution in [0, 0.1) is 17.5 Å². The maximum Gasteiger partial charge on any atom is 0.310 e. The number of halogens is 4. The highest BCUT2D eigenvalue weighted by atomic mass is 35.5. The molecule has 0 saturated carbocycles. The Bertz CT molecular complexity index is 420. The number of hydrogen-bond acceptors (Lipinski definition) is 1. The molecule has 82 valence electrons. The monoisotopic (exact) mass is 238 g/mol. The molecule has 0 aromatic heterocycles. The Morgan fingerprint density at radius 1 is 1.40 bits per heavy atom. The Morgan fingerprint density at radius 2 is 1.93 bits per heavy atom. The Labute approximate surface area is 88.3 Å². The molecule has 0 spiro atoms. The summed E-state index contributed by atoms with van der Waals surface area (Å²) in [7, 11) is 0. The van der Waals surface area contributed by atoms with Crippen LogP contribution in [0.25, 0.3) is 0 Å². The molecule has 1 N–H and O–H groups in total. The largest absolute Gasteiger partial charge is 0.481 e. The van der Waals surface area contributed by atoms with Crippen LogP contribution in [0.15, 0.2) is 6.07 Å². The summed E-state index contributed by atoms with van der Waals surface area (Å²) in [5.41, 5.74) is -0.742. The van der Waals surface area contributed by atoms with E-state index >= 15 is 0 Å². The maximum absolute atomic E-state index is 13.3. The third-order valence-electron chi connectivity index (χ3n) is 1.95. The fraction of sp³-hybridized carbons (Fsp3) is 0.222. The van der Waals surface area contributed by atoms with E-state index in [-0.39, 0.29) is 0 Å². The normalized spacial score (nSPS) is 12.6. The van der Waals surface area contributed by atoms with Gasteiger partial charge in [-0.1, -0.05) is 11.6 Å². The molecule has 0 bridgehead atoms. The van der Waals surface area contributed by atoms with Crippen LogP contribution < -0.4 is 0 Å². The van der Waals surface area contributed by atoms with Gasteiger partial charge in [-0.15, -0.1) is 0 Å². The van der Waals surface area contributed by atoms with Crippen LogP contribution in [0.4, 0.5) is 13.2 Å². The second kappa shape index (κ2) is 4.10. The number of rotatable bonds is 2. The van der Waals surface area contributed by atoms with Crippen molar-refractivity contribution in [1.29, 1.82) is 0 Å². The highest BCUT2D eigenvalue weighted by Gasteiger charge is 2.25. The summed E-state index contributed by atoms with van der Waals surface area (Å²) < 4.78 is 39.1. The molecular weight excluding hydrogens is 233 g/mol. The lowest BCUT2D eigenvalue weighted by atomic mass is 10.00. The van der Waals surface area contributed by atoms with Gasteiger partial charge in [0.15, 0.2) is 5.82 Å². The van der Waals surface area contributed by atoms with E-state index in [0.29, 0.717) is 6.07 Å². The molecular formula is C9H6ClF3O2. The Hall–Kier alpha value is -1.23. The molecule has 0 fully saturated rings. The van der Waals surface area contributed by atoms with Crippen molar-refractivity contribution < 1.29 is 23.1 Å². The van der Waals surface area contributed by atoms with Crippen LogP contribution >= 0.6 is 11.6 Å². The van der Waals surface area contributed by atoms with Gasteiger partial charge in [-0.2, -0.15) is 0 Å². The topological polar surface area (TPSA) is 37.3 Å². The highest BCUT2D eigenvalue weighted by molar-refractivity contribution is 6.31. The van der Waals surface area contributed by atoms with Crippen molar-refractivity contribution in [2.24, 2.45) is 0 Å². The standard InChI is InChI=1S/C9H6ClF3O2/c1-3(9(14)15)6-4(11)2-5(12)7(10)8(6)13/h2-3H,1H3,(H,14,15). The van der Waals surface area contributed by atoms with E-state index in [2.05, 4.69) is 0 Å². The van der Waals surface area contributed by atoms with E-state index in [9.17, 15) is 18.0 Å². The fourth-order valence-corrected chi connectivity index (χ4v) is 1.26. The average molecular weight is 239 g/mol. The van der Waals surface area contributed by atoms with Gasteiger partial charge in [0.05, 0.1) is 5.92 Å². The molecule has 15 heavy (non-hydrogen) atoms. The van der Waals surface area contributed by atoms with Crippen LogP contribution in [-0.4, -0.2) is 11.1 Å².